The van der Waals surface area contributed by atoms with Crippen molar-refractivity contribution in [3.63, 3.8) is 0 Å². The molecular weight excluding hydrogens is 250 g/mol. The summed E-state index contributed by atoms with van der Waals surface area (Å²) in [6.45, 7) is 0.814. The Morgan fingerprint density at radius 3 is 2.72 bits per heavy atom. The molecule has 18 heavy (non-hydrogen) atoms. The van der Waals surface area contributed by atoms with Gasteiger partial charge in [-0.05, 0) is 24.1 Å². The van der Waals surface area contributed by atoms with Crippen LogP contribution in [0.2, 0.25) is 5.15 Å². The summed E-state index contributed by atoms with van der Waals surface area (Å²) in [4.78, 5) is 0. The van der Waals surface area contributed by atoms with Crippen molar-refractivity contribution in [2.45, 2.75) is 6.42 Å². The summed E-state index contributed by atoms with van der Waals surface area (Å²) < 4.78 is 5.11. The molecule has 0 spiro atoms. The van der Waals surface area contributed by atoms with E-state index in [-0.39, 0.29) is 0 Å². The van der Waals surface area contributed by atoms with Crippen molar-refractivity contribution in [2.75, 3.05) is 19.0 Å². The first-order chi connectivity index (χ1) is 8.78. The van der Waals surface area contributed by atoms with Gasteiger partial charge in [0.25, 0.3) is 0 Å². The number of halogens is 1. The Hall–Kier alpha value is -1.81. The van der Waals surface area contributed by atoms with Crippen molar-refractivity contribution >= 4 is 17.3 Å². The zero-order valence-electron chi connectivity index (χ0n) is 10.1. The number of hydrogen-bond donors (Lipinski definition) is 1. The Balaban J connectivity index is 1.84. The maximum absolute atomic E-state index is 5.75. The van der Waals surface area contributed by atoms with Gasteiger partial charge in [-0.2, -0.15) is 5.10 Å². The average molecular weight is 264 g/mol. The third-order valence-corrected chi connectivity index (χ3v) is 2.71. The van der Waals surface area contributed by atoms with E-state index in [1.54, 1.807) is 19.4 Å². The summed E-state index contributed by atoms with van der Waals surface area (Å²) in [7, 11) is 1.66. The van der Waals surface area contributed by atoms with Crippen molar-refractivity contribution in [1.82, 2.24) is 10.2 Å². The molecule has 1 heterocycles. The number of methoxy groups -OCH3 is 1. The molecule has 1 aromatic carbocycles. The predicted octanol–water partition coefficient (Wildman–Crippen LogP) is 2.79. The number of anilines is 1. The van der Waals surface area contributed by atoms with Crippen LogP contribution in [-0.4, -0.2) is 23.9 Å². The Kier molecular flexibility index (Phi) is 4.36. The van der Waals surface area contributed by atoms with Gasteiger partial charge in [-0.1, -0.05) is 23.7 Å². The van der Waals surface area contributed by atoms with Gasteiger partial charge < -0.3 is 10.1 Å². The number of nitrogens with one attached hydrogen (secondary N) is 1. The van der Waals surface area contributed by atoms with E-state index < -0.39 is 0 Å². The van der Waals surface area contributed by atoms with Gasteiger partial charge >= 0.3 is 0 Å². The minimum absolute atomic E-state index is 0.393. The highest BCUT2D eigenvalue weighted by atomic mass is 35.5. The lowest BCUT2D eigenvalue weighted by molar-refractivity contribution is 0.414. The fourth-order valence-corrected chi connectivity index (χ4v) is 1.74. The van der Waals surface area contributed by atoms with Gasteiger partial charge in [0, 0.05) is 12.6 Å². The fraction of sp³-hybridized carbons (Fsp3) is 0.231. The van der Waals surface area contributed by atoms with Crippen molar-refractivity contribution in [1.29, 1.82) is 0 Å². The van der Waals surface area contributed by atoms with Gasteiger partial charge in [-0.25, -0.2) is 0 Å². The Bertz CT molecular complexity index is 502. The van der Waals surface area contributed by atoms with Crippen LogP contribution in [0.5, 0.6) is 5.75 Å². The zero-order chi connectivity index (χ0) is 12.8. The second kappa shape index (κ2) is 6.21. The van der Waals surface area contributed by atoms with Crippen molar-refractivity contribution in [3.05, 3.63) is 47.2 Å². The lowest BCUT2D eigenvalue weighted by atomic mass is 10.1. The summed E-state index contributed by atoms with van der Waals surface area (Å²) in [6, 6.07) is 9.78. The molecule has 1 N–H and O–H groups in total. The Labute approximate surface area is 111 Å². The average Bonchev–Trinajstić information content (AvgIpc) is 2.40. The monoisotopic (exact) mass is 263 g/mol. The standard InChI is InChI=1S/C13H14ClN3O/c1-18-12-4-2-10(3-5-12)6-7-15-11-8-13(14)17-16-9-11/h2-5,8-9H,6-7H2,1H3,(H,15,17). The predicted molar refractivity (Wildman–Crippen MR) is 72.2 cm³/mol. The third kappa shape index (κ3) is 3.60. The van der Waals surface area contributed by atoms with Crippen LogP contribution in [0.3, 0.4) is 0 Å². The molecule has 2 aromatic rings. The molecule has 0 fully saturated rings. The van der Waals surface area contributed by atoms with E-state index >= 15 is 0 Å². The molecule has 0 saturated heterocycles. The largest absolute Gasteiger partial charge is 0.497 e. The Morgan fingerprint density at radius 1 is 1.28 bits per heavy atom. The molecule has 0 bridgehead atoms. The summed E-state index contributed by atoms with van der Waals surface area (Å²) in [5, 5.41) is 11.1. The highest BCUT2D eigenvalue weighted by molar-refractivity contribution is 6.29. The number of nitrogens with zero attached hydrogens (tertiary/aromatic N) is 2. The zero-order valence-corrected chi connectivity index (χ0v) is 10.8. The number of ether oxygens (including phenoxy) is 1. The van der Waals surface area contributed by atoms with Gasteiger partial charge in [0.2, 0.25) is 0 Å². The Morgan fingerprint density at radius 2 is 2.06 bits per heavy atom. The first-order valence-electron chi connectivity index (χ1n) is 5.63. The summed E-state index contributed by atoms with van der Waals surface area (Å²) in [5.41, 5.74) is 2.12. The van der Waals surface area contributed by atoms with Crippen LogP contribution in [0.4, 0.5) is 5.69 Å². The van der Waals surface area contributed by atoms with Crippen LogP contribution < -0.4 is 10.1 Å². The van der Waals surface area contributed by atoms with E-state index in [1.807, 2.05) is 12.1 Å². The van der Waals surface area contributed by atoms with E-state index in [0.717, 1.165) is 24.4 Å². The lowest BCUT2D eigenvalue weighted by Crippen LogP contribution is -2.05. The van der Waals surface area contributed by atoms with Crippen LogP contribution in [0, 0.1) is 0 Å². The number of benzene rings is 1. The molecule has 2 rings (SSSR count). The van der Waals surface area contributed by atoms with Crippen molar-refractivity contribution < 1.29 is 4.74 Å². The van der Waals surface area contributed by atoms with Gasteiger partial charge in [0.1, 0.15) is 5.75 Å². The minimum Gasteiger partial charge on any atom is -0.497 e. The highest BCUT2D eigenvalue weighted by Crippen LogP contribution is 2.13. The molecule has 0 radical (unpaired) electrons. The molecule has 0 atom stereocenters. The normalized spacial score (nSPS) is 10.1. The molecule has 0 amide bonds. The van der Waals surface area contributed by atoms with Crippen LogP contribution in [0.1, 0.15) is 5.56 Å². The third-order valence-electron chi connectivity index (χ3n) is 2.53. The second-order valence-electron chi connectivity index (χ2n) is 3.79. The maximum Gasteiger partial charge on any atom is 0.153 e. The van der Waals surface area contributed by atoms with Gasteiger partial charge in [0.15, 0.2) is 5.15 Å². The first kappa shape index (κ1) is 12.6. The molecule has 1 aromatic heterocycles. The van der Waals surface area contributed by atoms with E-state index in [1.165, 1.54) is 5.56 Å². The molecule has 94 valence electrons. The minimum atomic E-state index is 0.393. The molecule has 0 aliphatic carbocycles. The molecule has 4 nitrogen and oxygen atoms in total. The topological polar surface area (TPSA) is 47.0 Å². The lowest BCUT2D eigenvalue weighted by Gasteiger charge is -2.06. The van der Waals surface area contributed by atoms with E-state index in [0.29, 0.717) is 5.15 Å². The van der Waals surface area contributed by atoms with E-state index in [9.17, 15) is 0 Å². The first-order valence-corrected chi connectivity index (χ1v) is 6.01. The van der Waals surface area contributed by atoms with Crippen LogP contribution >= 0.6 is 11.6 Å². The van der Waals surface area contributed by atoms with Crippen LogP contribution in [-0.2, 0) is 6.42 Å². The molecule has 5 heteroatoms. The van der Waals surface area contributed by atoms with Crippen molar-refractivity contribution in [2.24, 2.45) is 0 Å². The van der Waals surface area contributed by atoms with Gasteiger partial charge in [-0.15, -0.1) is 5.10 Å². The molecule has 0 saturated carbocycles. The summed E-state index contributed by atoms with van der Waals surface area (Å²) in [5.74, 6) is 0.872. The maximum atomic E-state index is 5.75. The molecular formula is C13H14ClN3O. The fourth-order valence-electron chi connectivity index (χ4n) is 1.58. The number of hydrogen-bond acceptors (Lipinski definition) is 4. The summed E-state index contributed by atoms with van der Waals surface area (Å²) in [6.07, 6.45) is 2.57. The summed E-state index contributed by atoms with van der Waals surface area (Å²) >= 11 is 5.75. The smallest absolute Gasteiger partial charge is 0.153 e. The molecule has 0 unspecified atom stereocenters. The quantitative estimate of drug-likeness (QED) is 0.901. The number of aromatic nitrogens is 2. The van der Waals surface area contributed by atoms with Crippen LogP contribution in [0.25, 0.3) is 0 Å². The van der Waals surface area contributed by atoms with Gasteiger partial charge in [-0.3, -0.25) is 0 Å². The van der Waals surface area contributed by atoms with Crippen molar-refractivity contribution in [3.8, 4) is 5.75 Å². The number of rotatable bonds is 5. The SMILES string of the molecule is COc1ccc(CCNc2cnnc(Cl)c2)cc1. The molecule has 0 aliphatic rings. The van der Waals surface area contributed by atoms with E-state index in [4.69, 9.17) is 16.3 Å². The van der Waals surface area contributed by atoms with Gasteiger partial charge in [0.05, 0.1) is 19.0 Å². The molecule has 0 aliphatic heterocycles. The second-order valence-corrected chi connectivity index (χ2v) is 4.18. The highest BCUT2D eigenvalue weighted by Gasteiger charge is 1.97. The van der Waals surface area contributed by atoms with E-state index in [2.05, 4.69) is 27.6 Å². The van der Waals surface area contributed by atoms with Crippen LogP contribution in [0.15, 0.2) is 36.5 Å².